The second-order valence-electron chi connectivity index (χ2n) is 5.98. The summed E-state index contributed by atoms with van der Waals surface area (Å²) in [6, 6.07) is 9.03. The normalized spacial score (nSPS) is 15.2. The van der Waals surface area contributed by atoms with Gasteiger partial charge in [-0.1, -0.05) is 60.5 Å². The number of benzene rings is 4. The summed E-state index contributed by atoms with van der Waals surface area (Å²) in [5, 5.41) is 20.3. The first-order chi connectivity index (χ1) is 15.6. The molecular formula is C22H16BNO2. The lowest BCUT2D eigenvalue weighted by Crippen LogP contribution is -2.29. The Hall–Kier alpha value is -3.08. The Morgan fingerprint density at radius 1 is 0.808 bits per heavy atom. The minimum Gasteiger partial charge on any atom is -0.423 e. The van der Waals surface area contributed by atoms with Gasteiger partial charge in [-0.15, -0.1) is 0 Å². The Kier molecular flexibility index (Phi) is 2.11. The molecule has 0 aliphatic rings. The van der Waals surface area contributed by atoms with E-state index in [0.29, 0.717) is 16.4 Å². The number of rotatable bonds is 2. The van der Waals surface area contributed by atoms with Gasteiger partial charge in [-0.25, -0.2) is 0 Å². The number of para-hydroxylation sites is 1. The Morgan fingerprint density at radius 3 is 2.42 bits per heavy atom. The third-order valence-electron chi connectivity index (χ3n) is 4.46. The van der Waals surface area contributed by atoms with Crippen molar-refractivity contribution < 1.29 is 19.6 Å². The minimum absolute atomic E-state index is 0.0148. The molecule has 124 valence electrons. The fourth-order valence-corrected chi connectivity index (χ4v) is 3.28. The second kappa shape index (κ2) is 5.73. The van der Waals surface area contributed by atoms with Crippen molar-refractivity contribution in [2.45, 2.75) is 0 Å². The largest absolute Gasteiger partial charge is 0.488 e. The lowest BCUT2D eigenvalue weighted by atomic mass is 9.80. The molecule has 0 amide bonds. The van der Waals surface area contributed by atoms with Gasteiger partial charge >= 0.3 is 7.12 Å². The van der Waals surface area contributed by atoms with Gasteiger partial charge in [0.25, 0.3) is 0 Å². The van der Waals surface area contributed by atoms with Crippen molar-refractivity contribution in [3.05, 3.63) is 84.8 Å². The van der Waals surface area contributed by atoms with E-state index in [1.165, 1.54) is 6.07 Å². The van der Waals surface area contributed by atoms with E-state index in [9.17, 15) is 10.0 Å². The van der Waals surface area contributed by atoms with E-state index >= 15 is 0 Å². The molecule has 4 aromatic carbocycles. The van der Waals surface area contributed by atoms with Crippen LogP contribution >= 0.6 is 0 Å². The van der Waals surface area contributed by atoms with Crippen LogP contribution in [0.1, 0.15) is 9.60 Å². The quantitative estimate of drug-likeness (QED) is 0.481. The molecule has 0 fully saturated rings. The first-order valence-electron chi connectivity index (χ1n) is 11.5. The SMILES string of the molecule is [2H]c1c([2H])c([2H])c2c([2H])c(-n3c4ccccc4c4cc(B(O)O)ccc43)c([2H])c([2H])c2c1[2H]. The molecule has 0 spiro atoms. The molecule has 3 nitrogen and oxygen atoms in total. The molecule has 26 heavy (non-hydrogen) atoms. The van der Waals surface area contributed by atoms with E-state index < -0.39 is 37.3 Å². The minimum atomic E-state index is -1.67. The van der Waals surface area contributed by atoms with E-state index in [1.807, 2.05) is 12.1 Å². The summed E-state index contributed by atoms with van der Waals surface area (Å²) in [5.41, 5.74) is 1.46. The lowest BCUT2D eigenvalue weighted by molar-refractivity contribution is 0.426. The highest BCUT2D eigenvalue weighted by Crippen LogP contribution is 2.32. The summed E-state index contributed by atoms with van der Waals surface area (Å²) < 4.78 is 60.2. The molecule has 0 saturated heterocycles. The molecule has 0 atom stereocenters. The molecule has 5 rings (SSSR count). The van der Waals surface area contributed by atoms with Crippen LogP contribution in [0.4, 0.5) is 0 Å². The first kappa shape index (κ1) is 9.58. The van der Waals surface area contributed by atoms with Crippen molar-refractivity contribution in [3.63, 3.8) is 0 Å². The smallest absolute Gasteiger partial charge is 0.423 e. The Bertz CT molecular complexity index is 1630. The highest BCUT2D eigenvalue weighted by Gasteiger charge is 2.16. The van der Waals surface area contributed by atoms with E-state index in [0.717, 1.165) is 5.39 Å². The monoisotopic (exact) mass is 344 g/mol. The van der Waals surface area contributed by atoms with Crippen LogP contribution in [-0.2, 0) is 0 Å². The molecular weight excluding hydrogens is 321 g/mol. The Morgan fingerprint density at radius 2 is 1.58 bits per heavy atom. The topological polar surface area (TPSA) is 45.4 Å². The van der Waals surface area contributed by atoms with Gasteiger partial charge in [0, 0.05) is 16.5 Å². The average Bonchev–Trinajstić information content (AvgIpc) is 3.12. The van der Waals surface area contributed by atoms with Crippen LogP contribution in [0.3, 0.4) is 0 Å². The number of aromatic nitrogens is 1. The highest BCUT2D eigenvalue weighted by molar-refractivity contribution is 6.59. The Labute approximate surface area is 160 Å². The van der Waals surface area contributed by atoms with Crippen molar-refractivity contribution in [2.24, 2.45) is 0 Å². The van der Waals surface area contributed by atoms with Gasteiger partial charge in [-0.2, -0.15) is 0 Å². The van der Waals surface area contributed by atoms with Crippen LogP contribution in [0, 0.1) is 0 Å². The summed E-state index contributed by atoms with van der Waals surface area (Å²) in [5.74, 6) is 0. The van der Waals surface area contributed by atoms with E-state index in [2.05, 4.69) is 0 Å². The van der Waals surface area contributed by atoms with Crippen molar-refractivity contribution in [2.75, 3.05) is 0 Å². The zero-order valence-corrected chi connectivity index (χ0v) is 13.5. The van der Waals surface area contributed by atoms with Crippen LogP contribution in [0.2, 0.25) is 0 Å². The molecule has 0 aliphatic carbocycles. The Balaban J connectivity index is 2.01. The van der Waals surface area contributed by atoms with Crippen molar-refractivity contribution in [3.8, 4) is 5.69 Å². The summed E-state index contributed by atoms with van der Waals surface area (Å²) in [4.78, 5) is 0. The molecule has 1 heterocycles. The van der Waals surface area contributed by atoms with Crippen molar-refractivity contribution in [1.82, 2.24) is 4.57 Å². The molecule has 0 bridgehead atoms. The van der Waals surface area contributed by atoms with Crippen LogP contribution in [0.5, 0.6) is 0 Å². The fraction of sp³-hybridized carbons (Fsp3) is 0. The van der Waals surface area contributed by atoms with Crippen LogP contribution < -0.4 is 5.46 Å². The maximum atomic E-state index is 9.62. The van der Waals surface area contributed by atoms with Crippen molar-refractivity contribution >= 4 is 45.2 Å². The fourth-order valence-electron chi connectivity index (χ4n) is 3.28. The molecule has 2 N–H and O–H groups in total. The summed E-state index contributed by atoms with van der Waals surface area (Å²) in [6.45, 7) is 0. The first-order valence-corrected chi connectivity index (χ1v) is 8.04. The predicted molar refractivity (Wildman–Crippen MR) is 108 cm³/mol. The number of fused-ring (bicyclic) bond motifs is 4. The van der Waals surface area contributed by atoms with Gasteiger partial charge in [0.15, 0.2) is 0 Å². The van der Waals surface area contributed by atoms with Gasteiger partial charge in [-0.3, -0.25) is 0 Å². The van der Waals surface area contributed by atoms with E-state index in [-0.39, 0.29) is 34.0 Å². The molecule has 5 aromatic rings. The number of hydrogen-bond acceptors (Lipinski definition) is 2. The standard InChI is InChI=1S/C22H16BNO2/c25-23(26)17-10-12-22-20(14-17)19-7-3-4-8-21(19)24(22)18-11-9-15-5-1-2-6-16(15)13-18/h1-14,25-26H/i1D,2D,5D,6D,9D,11D,13D. The zero-order valence-electron chi connectivity index (χ0n) is 20.5. The third kappa shape index (κ3) is 2.24. The van der Waals surface area contributed by atoms with Gasteiger partial charge in [0.1, 0.15) is 0 Å². The van der Waals surface area contributed by atoms with Crippen molar-refractivity contribution in [1.29, 1.82) is 0 Å². The van der Waals surface area contributed by atoms with Gasteiger partial charge < -0.3 is 14.6 Å². The van der Waals surface area contributed by atoms with E-state index in [4.69, 9.17) is 9.60 Å². The molecule has 0 radical (unpaired) electrons. The molecule has 4 heteroatoms. The van der Waals surface area contributed by atoms with Gasteiger partial charge in [0.05, 0.1) is 20.6 Å². The third-order valence-corrected chi connectivity index (χ3v) is 4.46. The molecule has 0 unspecified atom stereocenters. The maximum absolute atomic E-state index is 9.62. The van der Waals surface area contributed by atoms with Gasteiger partial charge in [-0.05, 0) is 40.5 Å². The van der Waals surface area contributed by atoms with Crippen LogP contribution in [0.15, 0.2) is 84.8 Å². The average molecular weight is 344 g/mol. The maximum Gasteiger partial charge on any atom is 0.488 e. The summed E-state index contributed by atoms with van der Waals surface area (Å²) in [7, 11) is -1.67. The van der Waals surface area contributed by atoms with Gasteiger partial charge in [0.2, 0.25) is 0 Å². The summed E-state index contributed by atoms with van der Waals surface area (Å²) in [6.07, 6.45) is 0. The number of nitrogens with zero attached hydrogens (tertiary/aromatic N) is 1. The lowest BCUT2D eigenvalue weighted by Gasteiger charge is -2.09. The predicted octanol–water partition coefficient (Wildman–Crippen LogP) is 3.62. The second-order valence-corrected chi connectivity index (χ2v) is 5.98. The molecule has 0 aliphatic heterocycles. The van der Waals surface area contributed by atoms with Crippen LogP contribution in [0.25, 0.3) is 38.3 Å². The highest BCUT2D eigenvalue weighted by atomic mass is 16.4. The number of hydrogen-bond donors (Lipinski definition) is 2. The van der Waals surface area contributed by atoms with Crippen LogP contribution in [-0.4, -0.2) is 21.7 Å². The molecule has 1 aromatic heterocycles. The molecule has 0 saturated carbocycles. The summed E-state index contributed by atoms with van der Waals surface area (Å²) >= 11 is 0. The van der Waals surface area contributed by atoms with E-state index in [1.54, 1.807) is 28.8 Å². The zero-order chi connectivity index (χ0) is 23.8.